The molecule has 2 heterocycles. The third-order valence-electron chi connectivity index (χ3n) is 3.84. The van der Waals surface area contributed by atoms with E-state index < -0.39 is 0 Å². The summed E-state index contributed by atoms with van der Waals surface area (Å²) in [6.07, 6.45) is 1.91. The van der Waals surface area contributed by atoms with Gasteiger partial charge >= 0.3 is 0 Å². The number of thioether (sulfide) groups is 1. The number of hydrogen-bond donors (Lipinski definition) is 0. The van der Waals surface area contributed by atoms with E-state index in [0.29, 0.717) is 16.3 Å². The van der Waals surface area contributed by atoms with Crippen LogP contribution in [0.4, 0.5) is 0 Å². The molecule has 0 N–H and O–H groups in total. The number of rotatable bonds is 2. The van der Waals surface area contributed by atoms with Crippen LogP contribution >= 0.6 is 11.8 Å². The lowest BCUT2D eigenvalue weighted by molar-refractivity contribution is 0.104. The number of benzene rings is 2. The first-order chi connectivity index (χ1) is 11.7. The van der Waals surface area contributed by atoms with Crippen molar-refractivity contribution in [2.45, 2.75) is 11.9 Å². The van der Waals surface area contributed by atoms with E-state index in [-0.39, 0.29) is 5.78 Å². The maximum absolute atomic E-state index is 12.7. The number of carbonyl (C=O) groups is 1. The average Bonchev–Trinajstić information content (AvgIpc) is 2.93. The second-order valence-corrected chi connectivity index (χ2v) is 6.56. The molecule has 0 unspecified atom stereocenters. The number of aromatic nitrogens is 2. The molecule has 0 fully saturated rings. The summed E-state index contributed by atoms with van der Waals surface area (Å²) < 4.78 is 0. The minimum atomic E-state index is 0.0102. The van der Waals surface area contributed by atoms with Crippen molar-refractivity contribution in [2.75, 3.05) is 0 Å². The first-order valence-electron chi connectivity index (χ1n) is 7.66. The Balaban J connectivity index is 1.76. The molecule has 1 aliphatic rings. The third kappa shape index (κ3) is 2.65. The highest BCUT2D eigenvalue weighted by atomic mass is 32.2. The second kappa shape index (κ2) is 6.06. The summed E-state index contributed by atoms with van der Waals surface area (Å²) in [5.41, 5.74) is 3.32. The van der Waals surface area contributed by atoms with Crippen LogP contribution in [0.1, 0.15) is 21.6 Å². The van der Waals surface area contributed by atoms with Gasteiger partial charge in [-0.1, -0.05) is 72.4 Å². The van der Waals surface area contributed by atoms with Gasteiger partial charge in [0.15, 0.2) is 5.82 Å². The summed E-state index contributed by atoms with van der Waals surface area (Å²) in [7, 11) is 0. The van der Waals surface area contributed by atoms with E-state index in [1.165, 1.54) is 11.8 Å². The molecule has 116 valence electrons. The molecule has 3 nitrogen and oxygen atoms in total. The molecule has 0 spiro atoms. The number of allylic oxidation sites excluding steroid dienone is 1. The van der Waals surface area contributed by atoms with Crippen molar-refractivity contribution in [3.8, 4) is 11.4 Å². The molecule has 24 heavy (non-hydrogen) atoms. The normalized spacial score (nSPS) is 14.9. The molecule has 0 atom stereocenters. The van der Waals surface area contributed by atoms with Crippen molar-refractivity contribution in [3.05, 3.63) is 82.4 Å². The molecule has 0 bridgehead atoms. The molecule has 1 aromatic heterocycles. The Morgan fingerprint density at radius 3 is 2.29 bits per heavy atom. The molecule has 3 aromatic rings. The van der Waals surface area contributed by atoms with E-state index in [1.807, 2.05) is 73.7 Å². The van der Waals surface area contributed by atoms with E-state index in [4.69, 9.17) is 0 Å². The highest BCUT2D eigenvalue weighted by Gasteiger charge is 2.30. The highest BCUT2D eigenvalue weighted by molar-refractivity contribution is 8.04. The predicted octanol–water partition coefficient (Wildman–Crippen LogP) is 4.78. The molecule has 0 saturated carbocycles. The highest BCUT2D eigenvalue weighted by Crippen LogP contribution is 2.41. The summed E-state index contributed by atoms with van der Waals surface area (Å²) in [6.45, 7) is 1.87. The molecule has 4 rings (SSSR count). The number of ketones is 1. The number of Topliss-reactive ketones (excluding diaryl/α,β-unsaturated/α-hetero) is 1. The molecule has 2 aromatic carbocycles. The number of aryl methyl sites for hydroxylation is 1. The smallest absolute Gasteiger partial charge is 0.204 e. The number of fused-ring (bicyclic) bond motifs is 1. The van der Waals surface area contributed by atoms with E-state index in [9.17, 15) is 4.79 Å². The van der Waals surface area contributed by atoms with E-state index >= 15 is 0 Å². The second-order valence-electron chi connectivity index (χ2n) is 5.53. The van der Waals surface area contributed by atoms with Gasteiger partial charge in [0, 0.05) is 5.56 Å². The Hall–Kier alpha value is -2.72. The maximum atomic E-state index is 12.7. The third-order valence-corrected chi connectivity index (χ3v) is 4.86. The SMILES string of the molecule is Cc1nc(-c2ccccc2)nc2c1C(=O)/C(=C/c1ccccc1)S2. The number of hydrogen-bond acceptors (Lipinski definition) is 4. The molecule has 0 amide bonds. The maximum Gasteiger partial charge on any atom is 0.204 e. The Morgan fingerprint density at radius 1 is 0.917 bits per heavy atom. The van der Waals surface area contributed by atoms with Crippen LogP contribution in [0.5, 0.6) is 0 Å². The first-order valence-corrected chi connectivity index (χ1v) is 8.47. The van der Waals surface area contributed by atoms with Crippen LogP contribution in [0, 0.1) is 6.92 Å². The van der Waals surface area contributed by atoms with Gasteiger partial charge in [-0.2, -0.15) is 0 Å². The average molecular weight is 330 g/mol. The first kappa shape index (κ1) is 14.8. The molecule has 0 radical (unpaired) electrons. The van der Waals surface area contributed by atoms with Gasteiger partial charge in [0.25, 0.3) is 0 Å². The fourth-order valence-corrected chi connectivity index (χ4v) is 3.74. The van der Waals surface area contributed by atoms with Crippen LogP contribution in [-0.4, -0.2) is 15.8 Å². The fourth-order valence-electron chi connectivity index (χ4n) is 2.67. The molecule has 4 heteroatoms. The van der Waals surface area contributed by atoms with Gasteiger partial charge in [-0.15, -0.1) is 0 Å². The van der Waals surface area contributed by atoms with Crippen molar-refractivity contribution in [1.29, 1.82) is 0 Å². The van der Waals surface area contributed by atoms with E-state index in [2.05, 4.69) is 9.97 Å². The Bertz CT molecular complexity index is 950. The monoisotopic (exact) mass is 330 g/mol. The Labute approximate surface area is 144 Å². The van der Waals surface area contributed by atoms with Crippen LogP contribution in [0.25, 0.3) is 17.5 Å². The van der Waals surface area contributed by atoms with Gasteiger partial charge in [-0.25, -0.2) is 9.97 Å². The largest absolute Gasteiger partial charge is 0.288 e. The minimum Gasteiger partial charge on any atom is -0.288 e. The van der Waals surface area contributed by atoms with Crippen molar-refractivity contribution < 1.29 is 4.79 Å². The van der Waals surface area contributed by atoms with Crippen LogP contribution in [0.2, 0.25) is 0 Å². The summed E-state index contributed by atoms with van der Waals surface area (Å²) in [5, 5.41) is 0.744. The number of nitrogens with zero attached hydrogens (tertiary/aromatic N) is 2. The fraction of sp³-hybridized carbons (Fsp3) is 0.0500. The van der Waals surface area contributed by atoms with Crippen LogP contribution < -0.4 is 0 Å². The quantitative estimate of drug-likeness (QED) is 0.501. The molecule has 1 aliphatic heterocycles. The lowest BCUT2D eigenvalue weighted by Crippen LogP contribution is -2.03. The Morgan fingerprint density at radius 2 is 1.58 bits per heavy atom. The molecule has 0 aliphatic carbocycles. The summed E-state index contributed by atoms with van der Waals surface area (Å²) in [6, 6.07) is 19.7. The van der Waals surface area contributed by atoms with Crippen molar-refractivity contribution in [1.82, 2.24) is 9.97 Å². The number of carbonyl (C=O) groups excluding carboxylic acids is 1. The van der Waals surface area contributed by atoms with Crippen LogP contribution in [-0.2, 0) is 0 Å². The zero-order chi connectivity index (χ0) is 16.5. The van der Waals surface area contributed by atoms with Gasteiger partial charge in [-0.3, -0.25) is 4.79 Å². The van der Waals surface area contributed by atoms with Crippen molar-refractivity contribution >= 4 is 23.6 Å². The summed E-state index contributed by atoms with van der Waals surface area (Å²) in [5.74, 6) is 0.670. The van der Waals surface area contributed by atoms with Gasteiger partial charge in [0.05, 0.1) is 16.2 Å². The lowest BCUT2D eigenvalue weighted by Gasteiger charge is -2.04. The van der Waals surface area contributed by atoms with Crippen LogP contribution in [0.15, 0.2) is 70.6 Å². The van der Waals surface area contributed by atoms with Gasteiger partial charge < -0.3 is 0 Å². The van der Waals surface area contributed by atoms with Gasteiger partial charge in [0.2, 0.25) is 5.78 Å². The Kier molecular flexibility index (Phi) is 3.75. The molecular formula is C20H14N2OS. The van der Waals surface area contributed by atoms with E-state index in [0.717, 1.165) is 21.8 Å². The van der Waals surface area contributed by atoms with Crippen molar-refractivity contribution in [3.63, 3.8) is 0 Å². The van der Waals surface area contributed by atoms with Crippen LogP contribution in [0.3, 0.4) is 0 Å². The zero-order valence-electron chi connectivity index (χ0n) is 13.1. The van der Waals surface area contributed by atoms with Gasteiger partial charge in [0.1, 0.15) is 5.03 Å². The molecular weight excluding hydrogens is 316 g/mol. The predicted molar refractivity (Wildman–Crippen MR) is 96.8 cm³/mol. The zero-order valence-corrected chi connectivity index (χ0v) is 13.9. The standard InChI is InChI=1S/C20H14N2OS/c1-13-17-18(23)16(12-14-8-4-2-5-9-14)24-20(17)22-19(21-13)15-10-6-3-7-11-15/h2-12H,1H3/b16-12-. The van der Waals surface area contributed by atoms with E-state index in [1.54, 1.807) is 0 Å². The molecule has 0 saturated heterocycles. The topological polar surface area (TPSA) is 42.9 Å². The lowest BCUT2D eigenvalue weighted by atomic mass is 10.1. The minimum absolute atomic E-state index is 0.0102. The van der Waals surface area contributed by atoms with Crippen molar-refractivity contribution in [2.24, 2.45) is 0 Å². The summed E-state index contributed by atoms with van der Waals surface area (Å²) >= 11 is 1.42. The summed E-state index contributed by atoms with van der Waals surface area (Å²) in [4.78, 5) is 22.5. The van der Waals surface area contributed by atoms with Gasteiger partial charge in [-0.05, 0) is 18.6 Å².